The molecule has 2 unspecified atom stereocenters. The maximum Gasteiger partial charge on any atom is 0.414 e. The van der Waals surface area contributed by atoms with Gasteiger partial charge >= 0.3 is 12.1 Å². The van der Waals surface area contributed by atoms with Crippen LogP contribution in [0.1, 0.15) is 43.7 Å². The molecule has 6 heteroatoms. The standard InChI is InChI=1S/C20H28N2O4/c1-12-4-8-16-17(22(12)20(24)26-3)9-7-14(18(16)21)10-13-5-6-15(11-13)19(23)25-2/h7,9,12-13,15H,4-6,8,10-11,21H2,1-3H3/t12-,13?,15?/m0/s1. The van der Waals surface area contributed by atoms with Gasteiger partial charge in [-0.1, -0.05) is 6.07 Å². The highest BCUT2D eigenvalue weighted by Gasteiger charge is 2.33. The van der Waals surface area contributed by atoms with Crippen LogP contribution in [0.2, 0.25) is 0 Å². The molecule has 142 valence electrons. The van der Waals surface area contributed by atoms with E-state index < -0.39 is 0 Å². The molecular weight excluding hydrogens is 332 g/mol. The van der Waals surface area contributed by atoms with Crippen LogP contribution in [0.4, 0.5) is 16.2 Å². The average Bonchev–Trinajstić information content (AvgIpc) is 3.11. The van der Waals surface area contributed by atoms with E-state index in [0.717, 1.165) is 61.0 Å². The minimum Gasteiger partial charge on any atom is -0.469 e. The number of anilines is 2. The number of carbonyl (C=O) groups excluding carboxylic acids is 2. The number of nitrogens with zero attached hydrogens (tertiary/aromatic N) is 1. The van der Waals surface area contributed by atoms with Gasteiger partial charge in [-0.25, -0.2) is 4.79 Å². The third kappa shape index (κ3) is 3.37. The second-order valence-electron chi connectivity index (χ2n) is 7.47. The van der Waals surface area contributed by atoms with Gasteiger partial charge in [0.05, 0.1) is 25.8 Å². The van der Waals surface area contributed by atoms with Crippen LogP contribution >= 0.6 is 0 Å². The monoisotopic (exact) mass is 360 g/mol. The molecule has 0 bridgehead atoms. The summed E-state index contributed by atoms with van der Waals surface area (Å²) in [5, 5.41) is 0. The number of ether oxygens (including phenoxy) is 2. The normalized spacial score (nSPS) is 24.9. The van der Waals surface area contributed by atoms with Crippen molar-refractivity contribution >= 4 is 23.4 Å². The Balaban J connectivity index is 1.80. The molecule has 1 aliphatic heterocycles. The van der Waals surface area contributed by atoms with Crippen molar-refractivity contribution in [2.45, 2.75) is 51.5 Å². The van der Waals surface area contributed by atoms with Crippen molar-refractivity contribution in [3.8, 4) is 0 Å². The number of nitrogens with two attached hydrogens (primary N) is 1. The van der Waals surface area contributed by atoms with Crippen LogP contribution in [-0.2, 0) is 27.1 Å². The van der Waals surface area contributed by atoms with Crippen molar-refractivity contribution in [2.75, 3.05) is 24.9 Å². The number of nitrogen functional groups attached to an aromatic ring is 1. The maximum absolute atomic E-state index is 12.2. The molecular formula is C20H28N2O4. The third-order valence-corrected chi connectivity index (χ3v) is 5.89. The van der Waals surface area contributed by atoms with Crippen LogP contribution in [0, 0.1) is 11.8 Å². The van der Waals surface area contributed by atoms with Gasteiger partial charge in [0.2, 0.25) is 0 Å². The van der Waals surface area contributed by atoms with Crippen LogP contribution in [0.25, 0.3) is 0 Å². The molecule has 1 saturated carbocycles. The number of rotatable bonds is 3. The second kappa shape index (κ2) is 7.56. The van der Waals surface area contributed by atoms with Gasteiger partial charge in [-0.05, 0) is 68.6 Å². The van der Waals surface area contributed by atoms with E-state index in [2.05, 4.69) is 0 Å². The summed E-state index contributed by atoms with van der Waals surface area (Å²) >= 11 is 0. The van der Waals surface area contributed by atoms with Gasteiger partial charge in [-0.15, -0.1) is 0 Å². The lowest BCUT2D eigenvalue weighted by molar-refractivity contribution is -0.145. The lowest BCUT2D eigenvalue weighted by atomic mass is 9.89. The van der Waals surface area contributed by atoms with Crippen LogP contribution < -0.4 is 10.6 Å². The first-order valence-electron chi connectivity index (χ1n) is 9.31. The van der Waals surface area contributed by atoms with Crippen molar-refractivity contribution < 1.29 is 19.1 Å². The molecule has 0 radical (unpaired) electrons. The zero-order valence-electron chi connectivity index (χ0n) is 15.8. The summed E-state index contributed by atoms with van der Waals surface area (Å²) in [6.07, 6.45) is 5.00. The van der Waals surface area contributed by atoms with Gasteiger partial charge in [0.1, 0.15) is 0 Å². The van der Waals surface area contributed by atoms with Crippen molar-refractivity contribution in [3.63, 3.8) is 0 Å². The number of amides is 1. The molecule has 1 heterocycles. The Morgan fingerprint density at radius 1 is 1.19 bits per heavy atom. The van der Waals surface area contributed by atoms with E-state index in [1.54, 1.807) is 4.90 Å². The van der Waals surface area contributed by atoms with E-state index in [9.17, 15) is 9.59 Å². The molecule has 1 fully saturated rings. The molecule has 3 atom stereocenters. The Morgan fingerprint density at radius 2 is 1.96 bits per heavy atom. The fraction of sp³-hybridized carbons (Fsp3) is 0.600. The van der Waals surface area contributed by atoms with E-state index in [-0.39, 0.29) is 24.0 Å². The Labute approximate surface area is 154 Å². The van der Waals surface area contributed by atoms with Gasteiger partial charge in [-0.3, -0.25) is 9.69 Å². The Morgan fingerprint density at radius 3 is 2.65 bits per heavy atom. The van der Waals surface area contributed by atoms with E-state index in [4.69, 9.17) is 15.2 Å². The number of hydrogen-bond donors (Lipinski definition) is 1. The molecule has 2 aliphatic rings. The number of fused-ring (bicyclic) bond motifs is 1. The Bertz CT molecular complexity index is 703. The Kier molecular flexibility index (Phi) is 5.39. The molecule has 2 N–H and O–H groups in total. The predicted molar refractivity (Wildman–Crippen MR) is 100 cm³/mol. The molecule has 3 rings (SSSR count). The first-order valence-corrected chi connectivity index (χ1v) is 9.31. The topological polar surface area (TPSA) is 81.9 Å². The molecule has 0 aromatic heterocycles. The van der Waals surface area contributed by atoms with Crippen molar-refractivity contribution in [1.82, 2.24) is 0 Å². The average molecular weight is 360 g/mol. The highest BCUT2D eigenvalue weighted by atomic mass is 16.5. The molecule has 1 aliphatic carbocycles. The summed E-state index contributed by atoms with van der Waals surface area (Å²) in [6.45, 7) is 2.02. The van der Waals surface area contributed by atoms with Crippen LogP contribution in [0.15, 0.2) is 12.1 Å². The fourth-order valence-electron chi connectivity index (χ4n) is 4.42. The molecule has 1 aromatic rings. The fourth-order valence-corrected chi connectivity index (χ4v) is 4.42. The van der Waals surface area contributed by atoms with Crippen molar-refractivity contribution in [3.05, 3.63) is 23.3 Å². The number of benzene rings is 1. The largest absolute Gasteiger partial charge is 0.469 e. The summed E-state index contributed by atoms with van der Waals surface area (Å²) in [7, 11) is 2.85. The number of methoxy groups -OCH3 is 2. The van der Waals surface area contributed by atoms with E-state index >= 15 is 0 Å². The van der Waals surface area contributed by atoms with Gasteiger partial charge < -0.3 is 15.2 Å². The second-order valence-corrected chi connectivity index (χ2v) is 7.47. The van der Waals surface area contributed by atoms with Crippen molar-refractivity contribution in [1.29, 1.82) is 0 Å². The molecule has 1 aromatic carbocycles. The molecule has 26 heavy (non-hydrogen) atoms. The maximum atomic E-state index is 12.2. The zero-order chi connectivity index (χ0) is 18.8. The van der Waals surface area contributed by atoms with Crippen LogP contribution in [-0.4, -0.2) is 32.3 Å². The highest BCUT2D eigenvalue weighted by molar-refractivity contribution is 5.91. The number of esters is 1. The number of hydrogen-bond acceptors (Lipinski definition) is 5. The summed E-state index contributed by atoms with van der Waals surface area (Å²) in [4.78, 5) is 25.6. The summed E-state index contributed by atoms with van der Waals surface area (Å²) < 4.78 is 9.81. The predicted octanol–water partition coefficient (Wildman–Crippen LogP) is 3.31. The molecule has 6 nitrogen and oxygen atoms in total. The number of carbonyl (C=O) groups is 2. The molecule has 0 spiro atoms. The van der Waals surface area contributed by atoms with Crippen molar-refractivity contribution in [2.24, 2.45) is 11.8 Å². The van der Waals surface area contributed by atoms with Gasteiger partial charge in [-0.2, -0.15) is 0 Å². The quantitative estimate of drug-likeness (QED) is 0.660. The smallest absolute Gasteiger partial charge is 0.414 e. The summed E-state index contributed by atoms with van der Waals surface area (Å²) in [5.41, 5.74) is 10.3. The van der Waals surface area contributed by atoms with Gasteiger partial charge in [0.25, 0.3) is 0 Å². The lowest BCUT2D eigenvalue weighted by Gasteiger charge is -2.35. The first kappa shape index (κ1) is 18.5. The van der Waals surface area contributed by atoms with E-state index in [1.165, 1.54) is 14.2 Å². The van der Waals surface area contributed by atoms with E-state index in [0.29, 0.717) is 5.92 Å². The molecule has 0 saturated heterocycles. The summed E-state index contributed by atoms with van der Waals surface area (Å²) in [5.74, 6) is 0.354. The van der Waals surface area contributed by atoms with Crippen LogP contribution in [0.3, 0.4) is 0 Å². The van der Waals surface area contributed by atoms with Gasteiger partial charge in [0.15, 0.2) is 0 Å². The first-order chi connectivity index (χ1) is 12.5. The SMILES string of the molecule is COC(=O)C1CCC(Cc2ccc3c(c2N)CC[C@H](C)N3C(=O)OC)C1. The van der Waals surface area contributed by atoms with Gasteiger partial charge in [0, 0.05) is 11.7 Å². The van der Waals surface area contributed by atoms with Crippen LogP contribution in [0.5, 0.6) is 0 Å². The zero-order valence-corrected chi connectivity index (χ0v) is 15.8. The Hall–Kier alpha value is -2.24. The minimum atomic E-state index is -0.345. The lowest BCUT2D eigenvalue weighted by Crippen LogP contribution is -2.42. The molecule has 1 amide bonds. The minimum absolute atomic E-state index is 0.0134. The van der Waals surface area contributed by atoms with E-state index in [1.807, 2.05) is 19.1 Å². The summed E-state index contributed by atoms with van der Waals surface area (Å²) in [6, 6.07) is 4.10. The highest BCUT2D eigenvalue weighted by Crippen LogP contribution is 2.40. The third-order valence-electron chi connectivity index (χ3n) is 5.89.